The minimum Gasteiger partial charge on any atom is -0.379 e. The molecule has 9 aliphatic rings. The van der Waals surface area contributed by atoms with Crippen molar-refractivity contribution in [3.8, 4) is 0 Å². The number of anilines is 3. The third kappa shape index (κ3) is 14.7. The number of ether oxygens (including phenoxy) is 1. The van der Waals surface area contributed by atoms with Gasteiger partial charge in [-0.2, -0.15) is 0 Å². The Bertz CT molecular complexity index is 6030. The van der Waals surface area contributed by atoms with Gasteiger partial charge >= 0.3 is 0 Å². The zero-order valence-electron chi connectivity index (χ0n) is 72.9. The van der Waals surface area contributed by atoms with Crippen LogP contribution in [-0.2, 0) is 70.8 Å². The van der Waals surface area contributed by atoms with Crippen molar-refractivity contribution < 1.29 is 54.3 Å². The number of nitrogens with zero attached hydrogens (tertiary/aromatic N) is 7. The topological polar surface area (TPSA) is 170 Å². The highest BCUT2D eigenvalue weighted by Gasteiger charge is 2.44. The fraction of sp³-hybridized carbons (Fsp3) is 0.290. The van der Waals surface area contributed by atoms with Gasteiger partial charge in [0.05, 0.1) is 30.3 Å². The number of morpholine rings is 1. The largest absolute Gasteiger partial charge is 0.379 e. The first-order valence-electron chi connectivity index (χ1n) is 43.3. The van der Waals surface area contributed by atoms with Gasteiger partial charge in [0, 0.05) is 145 Å². The maximum Gasteiger partial charge on any atom is 0.259 e. The molecule has 0 aliphatic carbocycles. The number of likely N-dealkylation sites (N-methyl/N-ethyl adjacent to an activating group) is 1. The molecule has 5 fully saturated rings. The minimum atomic E-state index is -2.30. The third-order valence-corrected chi connectivity index (χ3v) is 21.9. The van der Waals surface area contributed by atoms with Crippen molar-refractivity contribution in [2.24, 2.45) is 0 Å². The summed E-state index contributed by atoms with van der Waals surface area (Å²) in [5, 5.41) is 11.7. The van der Waals surface area contributed by atoms with Crippen molar-refractivity contribution in [1.29, 1.82) is 0 Å². The molecule has 564 valence electrons. The van der Waals surface area contributed by atoms with E-state index in [1.807, 2.05) is 48.3 Å². The molecule has 17 nitrogen and oxygen atoms in total. The summed E-state index contributed by atoms with van der Waals surface area (Å²) in [6.45, 7) is 11.5. The average Bonchev–Trinajstić information content (AvgIpc) is 1.61. The van der Waals surface area contributed by atoms with Crippen LogP contribution < -0.4 is 30.7 Å². The summed E-state index contributed by atoms with van der Waals surface area (Å²) in [7, 11) is 2.03. The molecular formula is C93H93FN10O7. The first kappa shape index (κ1) is 60.5. The maximum absolute atomic E-state index is 15.6. The Morgan fingerprint density at radius 3 is 1.18 bits per heavy atom. The van der Waals surface area contributed by atoms with Crippen LogP contribution in [0.1, 0.15) is 155 Å². The van der Waals surface area contributed by atoms with Crippen molar-refractivity contribution in [2.45, 2.75) is 116 Å². The Morgan fingerprint density at radius 2 is 0.775 bits per heavy atom. The Kier molecular flexibility index (Phi) is 17.0. The minimum absolute atomic E-state index is 0. The lowest BCUT2D eigenvalue weighted by Crippen LogP contribution is -2.51. The molecule has 19 rings (SSSR count). The number of nitrogens with one attached hydrogen (secondary N) is 3. The molecule has 0 bridgehead atoms. The van der Waals surface area contributed by atoms with Gasteiger partial charge in [-0.25, -0.2) is 4.39 Å². The number of halogens is 1. The number of fused-ring (bicyclic) bond motifs is 1. The summed E-state index contributed by atoms with van der Waals surface area (Å²) in [6.07, 6.45) is -3.07. The third-order valence-electron chi connectivity index (χ3n) is 21.9. The first-order chi connectivity index (χ1) is 58.1. The number of amides is 6. The van der Waals surface area contributed by atoms with Crippen LogP contribution in [0.5, 0.6) is 0 Å². The summed E-state index contributed by atoms with van der Waals surface area (Å²) in [6, 6.07) is 48.6. The zero-order valence-corrected chi connectivity index (χ0v) is 60.9. The molecule has 0 radical (unpaired) electrons. The number of piperidine rings is 3. The summed E-state index contributed by atoms with van der Waals surface area (Å²) in [5.74, 6) is -2.58. The van der Waals surface area contributed by atoms with Gasteiger partial charge in [0.2, 0.25) is 17.7 Å². The van der Waals surface area contributed by atoms with E-state index in [1.165, 1.54) is 32.9 Å². The fourth-order valence-electron chi connectivity index (χ4n) is 16.3. The molecule has 18 heteroatoms. The highest BCUT2D eigenvalue weighted by Crippen LogP contribution is 2.46. The summed E-state index contributed by atoms with van der Waals surface area (Å²) in [4.78, 5) is 90.7. The number of allylic oxidation sites excluding steroid dienone is 3. The van der Waals surface area contributed by atoms with Gasteiger partial charge in [0.15, 0.2) is 0 Å². The Hall–Kier alpha value is -11.3. The van der Waals surface area contributed by atoms with Gasteiger partial charge in [-0.1, -0.05) is 167 Å². The Balaban J connectivity index is 0.000000136. The fourth-order valence-corrected chi connectivity index (χ4v) is 16.3. The van der Waals surface area contributed by atoms with Crippen LogP contribution in [0.15, 0.2) is 219 Å². The van der Waals surface area contributed by atoms with Crippen molar-refractivity contribution in [3.63, 3.8) is 0 Å². The van der Waals surface area contributed by atoms with Crippen molar-refractivity contribution in [2.75, 3.05) is 74.2 Å². The molecule has 3 N–H and O–H groups in total. The predicted molar refractivity (Wildman–Crippen MR) is 436 cm³/mol. The summed E-state index contributed by atoms with van der Waals surface area (Å²) < 4.78 is 128. The van der Waals surface area contributed by atoms with Crippen LogP contribution in [0.2, 0.25) is 0 Å². The van der Waals surface area contributed by atoms with Gasteiger partial charge in [-0.3, -0.25) is 58.2 Å². The molecule has 9 aliphatic heterocycles. The number of carbonyl (C=O) groups is 6. The van der Waals surface area contributed by atoms with Gasteiger partial charge in [-0.15, -0.1) is 0 Å². The molecule has 5 saturated heterocycles. The lowest BCUT2D eigenvalue weighted by Gasteiger charge is -2.32. The van der Waals surface area contributed by atoms with Crippen molar-refractivity contribution in [3.05, 3.63) is 303 Å². The first-order valence-corrected chi connectivity index (χ1v) is 37.3. The smallest absolute Gasteiger partial charge is 0.259 e. The number of hydrogen-bond donors (Lipinski definition) is 3. The highest BCUT2D eigenvalue weighted by molar-refractivity contribution is 6.29. The van der Waals surface area contributed by atoms with Crippen molar-refractivity contribution in [1.82, 2.24) is 35.6 Å². The number of piperazine rings is 1. The SMILES string of the molecule is C.[2H]C([2H])(c1ccc(C([2H])([2H])N2CCN(C)CC2)cc1)c1ccc2c3c(cccc13)C(=O)N2C1CCC(=C)NC1=O.[2H]C([2H])(c1ccc(C([2H])([2H])N2CCOCC2)cc1F)c1ccc2c3c(cccc13)C(=O)N2C1CCC(=C)NC1=O.[2H]C([2H])(c1ccc(C([2H])([2H])N2Cc3ccccc3C2)cc1)c1ccc2c3c(cccc13)C(=O)N2C1CCC(=C)NC1=O. The van der Waals surface area contributed by atoms with E-state index >= 15 is 4.39 Å². The van der Waals surface area contributed by atoms with Crippen LogP contribution in [-0.4, -0.2) is 133 Å². The standard InChI is InChI=1S/C33H29N3O2.C30H32N4O2.C29H28FN3O3.CH4/c1-21-9-15-30(32(37)34-21)36-29-16-14-24(27-7-4-8-28(31(27)29)33(36)38)17-22-10-12-23(13-11-22)18-35-19-25-5-2-3-6-26(25)20-35;1-20-6-12-27(29(35)31-20)34-26-13-11-23(24-4-3-5-25(28(24)26)30(34)36)18-21-7-9-22(10-8-21)19-33-16-14-32(2)15-17-33;1-18-5-9-26(28(34)31-18)33-25-10-8-20(22-3-2-4-23(27(22)25)29(33)35)16-21-7-6-19(15-24(21)30)17-32-11-13-36-14-12-32;/h2-8,10-14,16,30H,1,9,15,17-20H2,(H,34,37);3-5,7-11,13,27H,1,6,12,14-19H2,2H3,(H,31,35);2-4,6-8,10,15,26H,1,5,9,11-14,16-17H2,(H,31,34);1H4/i17D2,18D2;18D2,19D2;16D2,17D2;. The Labute approximate surface area is 664 Å². The summed E-state index contributed by atoms with van der Waals surface area (Å²) >= 11 is 0. The van der Waals surface area contributed by atoms with Crippen LogP contribution >= 0.6 is 0 Å². The molecule has 6 amide bonds. The van der Waals surface area contributed by atoms with Gasteiger partial charge in [0.25, 0.3) is 17.7 Å². The summed E-state index contributed by atoms with van der Waals surface area (Å²) in [5.41, 5.74) is 9.71. The molecule has 3 atom stereocenters. The Morgan fingerprint density at radius 1 is 0.414 bits per heavy atom. The van der Waals surface area contributed by atoms with E-state index < -0.39 is 62.6 Å². The number of rotatable bonds is 15. The molecule has 10 aromatic carbocycles. The lowest BCUT2D eigenvalue weighted by molar-refractivity contribution is -0.123. The predicted octanol–water partition coefficient (Wildman–Crippen LogP) is 14.4. The van der Waals surface area contributed by atoms with Crippen LogP contribution in [0.4, 0.5) is 21.5 Å². The molecule has 0 saturated carbocycles. The van der Waals surface area contributed by atoms with E-state index in [2.05, 4.69) is 40.6 Å². The lowest BCUT2D eigenvalue weighted by atomic mass is 9.95. The van der Waals surface area contributed by atoms with E-state index in [0.29, 0.717) is 208 Å². The maximum atomic E-state index is 15.6. The number of hydrogen-bond acceptors (Lipinski definition) is 11. The molecular weight excluding hydrogens is 1390 g/mol. The van der Waals surface area contributed by atoms with E-state index in [9.17, 15) is 31.5 Å². The monoisotopic (exact) mass is 1490 g/mol. The second-order valence-corrected chi connectivity index (χ2v) is 29.1. The van der Waals surface area contributed by atoms with Gasteiger partial charge in [0.1, 0.15) is 23.9 Å². The second-order valence-electron chi connectivity index (χ2n) is 29.1. The van der Waals surface area contributed by atoms with Crippen LogP contribution in [0.25, 0.3) is 32.3 Å². The molecule has 111 heavy (non-hydrogen) atoms. The number of benzene rings is 10. The molecule has 10 aromatic rings. The second kappa shape index (κ2) is 31.3. The average molecular weight is 1490 g/mol. The van der Waals surface area contributed by atoms with Crippen LogP contribution in [0, 0.1) is 5.82 Å². The van der Waals surface area contributed by atoms with E-state index in [1.54, 1.807) is 131 Å². The van der Waals surface area contributed by atoms with E-state index in [4.69, 9.17) is 18.4 Å². The van der Waals surface area contributed by atoms with E-state index in [-0.39, 0.29) is 59.6 Å². The van der Waals surface area contributed by atoms with Crippen molar-refractivity contribution >= 4 is 84.8 Å². The number of carbonyl (C=O) groups excluding carboxylic acids is 6. The quantitative estimate of drug-likeness (QED) is 0.0892. The van der Waals surface area contributed by atoms with Gasteiger partial charge in [-0.05, 0) is 178 Å². The molecule has 0 aromatic heterocycles. The highest BCUT2D eigenvalue weighted by atomic mass is 19.1. The van der Waals surface area contributed by atoms with Gasteiger partial charge < -0.3 is 25.6 Å². The molecule has 3 unspecified atom stereocenters. The molecule has 0 spiro atoms. The molecule has 9 heterocycles. The van der Waals surface area contributed by atoms with E-state index in [0.717, 1.165) is 30.3 Å². The van der Waals surface area contributed by atoms with Crippen LogP contribution in [0.3, 0.4) is 0 Å². The normalized spacial score (nSPS) is 22.2. The zero-order chi connectivity index (χ0) is 86.2.